The first kappa shape index (κ1) is 22.0. The minimum absolute atomic E-state index is 0.0168. The van der Waals surface area contributed by atoms with Gasteiger partial charge in [-0.05, 0) is 36.2 Å². The third-order valence-electron chi connectivity index (χ3n) is 5.24. The quantitative estimate of drug-likeness (QED) is 0.574. The Bertz CT molecular complexity index is 1210. The molecule has 0 radical (unpaired) electrons. The van der Waals surface area contributed by atoms with Gasteiger partial charge in [0, 0.05) is 18.7 Å². The zero-order valence-corrected chi connectivity index (χ0v) is 17.4. The second-order valence-electron chi connectivity index (χ2n) is 7.40. The van der Waals surface area contributed by atoms with Crippen molar-refractivity contribution < 1.29 is 30.9 Å². The van der Waals surface area contributed by atoms with Crippen molar-refractivity contribution in [3.63, 3.8) is 0 Å². The van der Waals surface area contributed by atoms with Crippen molar-refractivity contribution >= 4 is 15.7 Å². The highest BCUT2D eigenvalue weighted by molar-refractivity contribution is 7.92. The van der Waals surface area contributed by atoms with Crippen LogP contribution in [0.1, 0.15) is 17.9 Å². The van der Waals surface area contributed by atoms with E-state index in [1.165, 1.54) is 24.3 Å². The summed E-state index contributed by atoms with van der Waals surface area (Å²) in [4.78, 5) is 17.4. The first-order chi connectivity index (χ1) is 15.1. The summed E-state index contributed by atoms with van der Waals surface area (Å²) < 4.78 is 68.1. The molecule has 1 aromatic heterocycles. The Morgan fingerprint density at radius 3 is 2.41 bits per heavy atom. The van der Waals surface area contributed by atoms with Crippen LogP contribution in [0.4, 0.5) is 13.2 Å². The lowest BCUT2D eigenvalue weighted by Crippen LogP contribution is -2.32. The Hall–Kier alpha value is -3.21. The SMILES string of the molecule is O=C(Cc1ccccc1)N1CCC(S(=O)(=O)c2ccc(-c3noc(C(F)(F)F)n3)cc2)C1. The zero-order valence-electron chi connectivity index (χ0n) is 16.6. The van der Waals surface area contributed by atoms with Crippen LogP contribution in [0.5, 0.6) is 0 Å². The van der Waals surface area contributed by atoms with E-state index >= 15 is 0 Å². The van der Waals surface area contributed by atoms with Gasteiger partial charge in [-0.25, -0.2) is 8.42 Å². The maximum Gasteiger partial charge on any atom is 0.471 e. The highest BCUT2D eigenvalue weighted by Gasteiger charge is 2.39. The minimum atomic E-state index is -4.76. The fourth-order valence-corrected chi connectivity index (χ4v) is 5.22. The number of rotatable bonds is 5. The van der Waals surface area contributed by atoms with E-state index in [1.54, 1.807) is 4.90 Å². The van der Waals surface area contributed by atoms with Crippen LogP contribution >= 0.6 is 0 Å². The first-order valence-electron chi connectivity index (χ1n) is 9.71. The normalized spacial score (nSPS) is 17.0. The Labute approximate surface area is 181 Å². The van der Waals surface area contributed by atoms with Crippen molar-refractivity contribution in [3.05, 3.63) is 66.1 Å². The lowest BCUT2D eigenvalue weighted by Gasteiger charge is -2.17. The van der Waals surface area contributed by atoms with Gasteiger partial charge in [0.05, 0.1) is 16.6 Å². The monoisotopic (exact) mass is 465 g/mol. The van der Waals surface area contributed by atoms with E-state index in [0.29, 0.717) is 13.0 Å². The van der Waals surface area contributed by atoms with Gasteiger partial charge in [0.25, 0.3) is 0 Å². The molecule has 168 valence electrons. The summed E-state index contributed by atoms with van der Waals surface area (Å²) in [6.07, 6.45) is -4.25. The molecule has 2 aromatic carbocycles. The number of carbonyl (C=O) groups excluding carboxylic acids is 1. The molecule has 7 nitrogen and oxygen atoms in total. The second kappa shape index (κ2) is 8.38. The number of aromatic nitrogens is 2. The number of halogens is 3. The summed E-state index contributed by atoms with van der Waals surface area (Å²) in [7, 11) is -3.73. The molecule has 2 heterocycles. The van der Waals surface area contributed by atoms with Gasteiger partial charge in [-0.3, -0.25) is 4.79 Å². The predicted octanol–water partition coefficient (Wildman–Crippen LogP) is 3.37. The lowest BCUT2D eigenvalue weighted by molar-refractivity contribution is -0.159. The molecule has 32 heavy (non-hydrogen) atoms. The fraction of sp³-hybridized carbons (Fsp3) is 0.286. The van der Waals surface area contributed by atoms with Gasteiger partial charge < -0.3 is 9.42 Å². The van der Waals surface area contributed by atoms with Crippen LogP contribution in [0, 0.1) is 0 Å². The fourth-order valence-electron chi connectivity index (χ4n) is 3.53. The molecule has 0 N–H and O–H groups in total. The Kier molecular flexibility index (Phi) is 5.76. The third kappa shape index (κ3) is 4.52. The second-order valence-corrected chi connectivity index (χ2v) is 9.63. The number of amides is 1. The van der Waals surface area contributed by atoms with Crippen LogP contribution in [0.2, 0.25) is 0 Å². The van der Waals surface area contributed by atoms with Gasteiger partial charge in [-0.2, -0.15) is 18.2 Å². The summed E-state index contributed by atoms with van der Waals surface area (Å²) in [6, 6.07) is 14.4. The Morgan fingerprint density at radius 2 is 1.78 bits per heavy atom. The first-order valence-corrected chi connectivity index (χ1v) is 11.3. The van der Waals surface area contributed by atoms with E-state index in [2.05, 4.69) is 14.7 Å². The van der Waals surface area contributed by atoms with Gasteiger partial charge in [0.2, 0.25) is 11.7 Å². The number of likely N-dealkylation sites (tertiary alicyclic amines) is 1. The average molecular weight is 465 g/mol. The van der Waals surface area contributed by atoms with E-state index in [0.717, 1.165) is 5.56 Å². The number of carbonyl (C=O) groups is 1. The molecule has 0 saturated carbocycles. The number of benzene rings is 2. The molecule has 1 atom stereocenters. The van der Waals surface area contributed by atoms with Crippen LogP contribution < -0.4 is 0 Å². The van der Waals surface area contributed by atoms with Gasteiger partial charge in [-0.15, -0.1) is 0 Å². The Morgan fingerprint density at radius 1 is 1.09 bits per heavy atom. The highest BCUT2D eigenvalue weighted by atomic mass is 32.2. The molecule has 11 heteroatoms. The summed E-state index contributed by atoms with van der Waals surface area (Å²) >= 11 is 0. The number of hydrogen-bond donors (Lipinski definition) is 0. The van der Waals surface area contributed by atoms with E-state index in [-0.39, 0.29) is 35.2 Å². The van der Waals surface area contributed by atoms with Crippen molar-refractivity contribution in [2.45, 2.75) is 29.2 Å². The summed E-state index contributed by atoms with van der Waals surface area (Å²) in [5.74, 6) is -1.91. The number of sulfone groups is 1. The summed E-state index contributed by atoms with van der Waals surface area (Å²) in [5, 5.41) is 2.53. The van der Waals surface area contributed by atoms with Crippen LogP contribution in [0.3, 0.4) is 0 Å². The van der Waals surface area contributed by atoms with Gasteiger partial charge in [0.15, 0.2) is 9.84 Å². The summed E-state index contributed by atoms with van der Waals surface area (Å²) in [5.41, 5.74) is 1.05. The maximum atomic E-state index is 13.0. The van der Waals surface area contributed by atoms with Crippen LogP contribution in [-0.4, -0.2) is 47.7 Å². The maximum absolute atomic E-state index is 13.0. The van der Waals surface area contributed by atoms with Gasteiger partial charge in [-0.1, -0.05) is 35.5 Å². The van der Waals surface area contributed by atoms with Crippen molar-refractivity contribution in [3.8, 4) is 11.4 Å². The van der Waals surface area contributed by atoms with Gasteiger partial charge in [0.1, 0.15) is 0 Å². The molecule has 1 fully saturated rings. The number of alkyl halides is 3. The standard InChI is InChI=1S/C21H18F3N3O4S/c22-21(23,24)20-25-19(26-31-20)15-6-8-16(9-7-15)32(29,30)17-10-11-27(13-17)18(28)12-14-4-2-1-3-5-14/h1-9,17H,10-13H2. The average Bonchev–Trinajstić information content (AvgIpc) is 3.45. The molecule has 0 spiro atoms. The van der Waals surface area contributed by atoms with Crippen molar-refractivity contribution in [1.29, 1.82) is 0 Å². The van der Waals surface area contributed by atoms with E-state index in [4.69, 9.17) is 0 Å². The van der Waals surface area contributed by atoms with E-state index < -0.39 is 27.2 Å². The van der Waals surface area contributed by atoms with Crippen molar-refractivity contribution in [1.82, 2.24) is 15.0 Å². The smallest absolute Gasteiger partial charge is 0.341 e. The highest BCUT2D eigenvalue weighted by Crippen LogP contribution is 2.30. The predicted molar refractivity (Wildman–Crippen MR) is 107 cm³/mol. The van der Waals surface area contributed by atoms with Crippen LogP contribution in [0.25, 0.3) is 11.4 Å². The van der Waals surface area contributed by atoms with Gasteiger partial charge >= 0.3 is 12.1 Å². The van der Waals surface area contributed by atoms with Crippen LogP contribution in [0.15, 0.2) is 64.0 Å². The molecule has 4 rings (SSSR count). The molecular formula is C21H18F3N3O4S. The van der Waals surface area contributed by atoms with Crippen molar-refractivity contribution in [2.24, 2.45) is 0 Å². The van der Waals surface area contributed by atoms with E-state index in [1.807, 2.05) is 30.3 Å². The molecule has 1 unspecified atom stereocenters. The largest absolute Gasteiger partial charge is 0.471 e. The molecule has 1 saturated heterocycles. The molecule has 0 aliphatic carbocycles. The lowest BCUT2D eigenvalue weighted by atomic mass is 10.1. The Balaban J connectivity index is 1.44. The van der Waals surface area contributed by atoms with Crippen LogP contribution in [-0.2, 0) is 27.2 Å². The van der Waals surface area contributed by atoms with E-state index in [9.17, 15) is 26.4 Å². The molecule has 1 amide bonds. The minimum Gasteiger partial charge on any atom is -0.341 e. The zero-order chi connectivity index (χ0) is 22.9. The molecular weight excluding hydrogens is 447 g/mol. The number of nitrogens with zero attached hydrogens (tertiary/aromatic N) is 3. The molecule has 1 aliphatic heterocycles. The third-order valence-corrected chi connectivity index (χ3v) is 7.44. The molecule has 3 aromatic rings. The van der Waals surface area contributed by atoms with Crippen molar-refractivity contribution in [2.75, 3.05) is 13.1 Å². The topological polar surface area (TPSA) is 93.4 Å². The summed E-state index contributed by atoms with van der Waals surface area (Å²) in [6.45, 7) is 0.437. The molecule has 0 bridgehead atoms. The molecule has 1 aliphatic rings. The number of hydrogen-bond acceptors (Lipinski definition) is 6.